The van der Waals surface area contributed by atoms with Gasteiger partial charge in [0.05, 0.1) is 22.2 Å². The molecule has 0 fully saturated rings. The van der Waals surface area contributed by atoms with Gasteiger partial charge in [0.25, 0.3) is 0 Å². The Kier molecular flexibility index (Phi) is 7.37. The molecule has 0 radical (unpaired) electrons. The third-order valence-corrected chi connectivity index (χ3v) is 7.23. The van der Waals surface area contributed by atoms with Crippen LogP contribution in [0.2, 0.25) is 5.02 Å². The molecule has 1 aromatic carbocycles. The second-order valence-corrected chi connectivity index (χ2v) is 10.1. The van der Waals surface area contributed by atoms with Gasteiger partial charge in [-0.15, -0.1) is 0 Å². The van der Waals surface area contributed by atoms with Crippen molar-refractivity contribution in [2.24, 2.45) is 0 Å². The molecule has 2 heterocycles. The summed E-state index contributed by atoms with van der Waals surface area (Å²) in [5.74, 6) is 0. The lowest BCUT2D eigenvalue weighted by Crippen LogP contribution is -2.38. The largest absolute Gasteiger partial charge is 0.393 e. The molecule has 1 aliphatic heterocycles. The number of sulfone groups is 1. The maximum Gasteiger partial charge on any atom is 0.347 e. The van der Waals surface area contributed by atoms with Gasteiger partial charge in [-0.3, -0.25) is 4.98 Å². The van der Waals surface area contributed by atoms with Crippen molar-refractivity contribution in [3.8, 4) is 0 Å². The van der Waals surface area contributed by atoms with Crippen LogP contribution < -0.4 is 5.32 Å². The Morgan fingerprint density at radius 1 is 1.33 bits per heavy atom. The zero-order chi connectivity index (χ0) is 24.4. The van der Waals surface area contributed by atoms with Gasteiger partial charge in [-0.25, -0.2) is 13.2 Å². The van der Waals surface area contributed by atoms with Crippen LogP contribution in [-0.2, 0) is 9.84 Å². The molecule has 8 nitrogen and oxygen atoms in total. The van der Waals surface area contributed by atoms with Crippen LogP contribution in [0.3, 0.4) is 0 Å². The Labute approximate surface area is 194 Å². The van der Waals surface area contributed by atoms with Crippen molar-refractivity contribution in [3.05, 3.63) is 58.9 Å². The Morgan fingerprint density at radius 2 is 2.00 bits per heavy atom. The van der Waals surface area contributed by atoms with Crippen LogP contribution >= 0.6 is 11.6 Å². The highest BCUT2D eigenvalue weighted by molar-refractivity contribution is 7.92. The molecule has 0 bridgehead atoms. The average Bonchev–Trinajstić information content (AvgIpc) is 2.78. The standard InChI is InChI=1S/C21H22ClF2N3O5S/c1-21(23,24)33(31,32)16-4-2-15(3-5-16)26-20(30)27-8-6-13(7-9-27)19-17(22)10-14(11-25-19)18(29)12-28/h2-6,10-11,18,28-29H,7-9,12H2,1H3,(H,26,30)/t18-/m0/s1. The molecule has 0 aliphatic carbocycles. The number of halogens is 3. The molecule has 0 unspecified atom stereocenters. The number of benzene rings is 1. The van der Waals surface area contributed by atoms with Crippen LogP contribution in [0.1, 0.15) is 30.7 Å². The first kappa shape index (κ1) is 25.0. The van der Waals surface area contributed by atoms with Crippen LogP contribution in [-0.4, -0.2) is 59.5 Å². The second-order valence-electron chi connectivity index (χ2n) is 7.49. The summed E-state index contributed by atoms with van der Waals surface area (Å²) in [6.07, 6.45) is 2.61. The van der Waals surface area contributed by atoms with E-state index in [1.807, 2.05) is 0 Å². The van der Waals surface area contributed by atoms with Crippen molar-refractivity contribution in [3.63, 3.8) is 0 Å². The summed E-state index contributed by atoms with van der Waals surface area (Å²) in [5.41, 5.74) is 2.00. The predicted octanol–water partition coefficient (Wildman–Crippen LogP) is 3.47. The van der Waals surface area contributed by atoms with Crippen LogP contribution in [0.15, 0.2) is 47.5 Å². The maximum atomic E-state index is 13.3. The van der Waals surface area contributed by atoms with Gasteiger partial charge in [0, 0.05) is 37.5 Å². The van der Waals surface area contributed by atoms with Crippen molar-refractivity contribution in [2.75, 3.05) is 25.0 Å². The first-order valence-electron chi connectivity index (χ1n) is 9.86. The van der Waals surface area contributed by atoms with Gasteiger partial charge < -0.3 is 20.4 Å². The molecule has 2 aromatic rings. The molecule has 3 rings (SSSR count). The third-order valence-electron chi connectivity index (χ3n) is 5.11. The fourth-order valence-corrected chi connectivity index (χ4v) is 4.38. The van der Waals surface area contributed by atoms with E-state index >= 15 is 0 Å². The fraction of sp³-hybridized carbons (Fsp3) is 0.333. The van der Waals surface area contributed by atoms with Gasteiger partial charge >= 0.3 is 11.3 Å². The highest BCUT2D eigenvalue weighted by Crippen LogP contribution is 2.30. The smallest absolute Gasteiger partial charge is 0.347 e. The summed E-state index contributed by atoms with van der Waals surface area (Å²) >= 11 is 6.26. The molecule has 1 aliphatic rings. The number of carbonyl (C=O) groups is 1. The number of pyridine rings is 1. The van der Waals surface area contributed by atoms with E-state index in [0.29, 0.717) is 36.2 Å². The topological polar surface area (TPSA) is 120 Å². The van der Waals surface area contributed by atoms with Gasteiger partial charge in [-0.1, -0.05) is 17.7 Å². The van der Waals surface area contributed by atoms with Crippen LogP contribution in [0.25, 0.3) is 5.57 Å². The lowest BCUT2D eigenvalue weighted by molar-refractivity contribution is 0.0953. The molecular formula is C21H22ClF2N3O5S. The number of nitrogens with zero attached hydrogens (tertiary/aromatic N) is 2. The number of hydrogen-bond donors (Lipinski definition) is 3. The summed E-state index contributed by atoms with van der Waals surface area (Å²) in [6.45, 7) is 0.472. The molecule has 0 spiro atoms. The van der Waals surface area contributed by atoms with E-state index in [1.54, 1.807) is 6.08 Å². The summed E-state index contributed by atoms with van der Waals surface area (Å²) in [4.78, 5) is 17.8. The van der Waals surface area contributed by atoms with E-state index in [-0.39, 0.29) is 12.2 Å². The van der Waals surface area contributed by atoms with E-state index in [0.717, 1.165) is 17.7 Å². The quantitative estimate of drug-likeness (QED) is 0.557. The molecule has 1 atom stereocenters. The summed E-state index contributed by atoms with van der Waals surface area (Å²) in [5, 5.41) is 17.7. The predicted molar refractivity (Wildman–Crippen MR) is 119 cm³/mol. The van der Waals surface area contributed by atoms with Crippen LogP contribution in [0, 0.1) is 0 Å². The Morgan fingerprint density at radius 3 is 2.52 bits per heavy atom. The van der Waals surface area contributed by atoms with Crippen molar-refractivity contribution >= 4 is 38.7 Å². The SMILES string of the molecule is CC(F)(F)S(=O)(=O)c1ccc(NC(=O)N2CC=C(c3ncc([C@@H](O)CO)cc3Cl)CC2)cc1. The molecule has 12 heteroatoms. The number of anilines is 1. The van der Waals surface area contributed by atoms with Crippen LogP contribution in [0.5, 0.6) is 0 Å². The van der Waals surface area contributed by atoms with Crippen molar-refractivity contribution in [2.45, 2.75) is 29.6 Å². The van der Waals surface area contributed by atoms with Gasteiger partial charge in [0.15, 0.2) is 0 Å². The Bertz CT molecular complexity index is 1170. The highest BCUT2D eigenvalue weighted by Gasteiger charge is 2.40. The van der Waals surface area contributed by atoms with Crippen molar-refractivity contribution in [1.29, 1.82) is 0 Å². The first-order chi connectivity index (χ1) is 15.4. The first-order valence-corrected chi connectivity index (χ1v) is 11.7. The number of amides is 2. The van der Waals surface area contributed by atoms with E-state index in [2.05, 4.69) is 10.3 Å². The number of alkyl halides is 2. The molecule has 1 aromatic heterocycles. The number of nitrogens with one attached hydrogen (secondary N) is 1. The molecule has 178 valence electrons. The zero-order valence-corrected chi connectivity index (χ0v) is 19.1. The molecule has 33 heavy (non-hydrogen) atoms. The molecule has 3 N–H and O–H groups in total. The normalized spacial score (nSPS) is 15.7. The summed E-state index contributed by atoms with van der Waals surface area (Å²) in [6, 6.07) is 5.61. The van der Waals surface area contributed by atoms with E-state index in [9.17, 15) is 27.1 Å². The zero-order valence-electron chi connectivity index (χ0n) is 17.5. The fourth-order valence-electron chi connectivity index (χ4n) is 3.17. The minimum atomic E-state index is -4.79. The van der Waals surface area contributed by atoms with Gasteiger partial charge in [0.1, 0.15) is 6.10 Å². The number of aliphatic hydroxyl groups is 2. The minimum Gasteiger partial charge on any atom is -0.393 e. The molecular weight excluding hydrogens is 480 g/mol. The van der Waals surface area contributed by atoms with Gasteiger partial charge in [-0.2, -0.15) is 8.78 Å². The average molecular weight is 502 g/mol. The Hall–Kier alpha value is -2.60. The number of carbonyl (C=O) groups excluding carboxylic acids is 1. The number of aromatic nitrogens is 1. The van der Waals surface area contributed by atoms with E-state index < -0.39 is 38.7 Å². The van der Waals surface area contributed by atoms with Crippen LogP contribution in [0.4, 0.5) is 19.3 Å². The van der Waals surface area contributed by atoms with Gasteiger partial charge in [-0.05, 0) is 42.3 Å². The minimum absolute atomic E-state index is 0.259. The van der Waals surface area contributed by atoms with Crippen molar-refractivity contribution in [1.82, 2.24) is 9.88 Å². The van der Waals surface area contributed by atoms with Gasteiger partial charge in [0.2, 0.25) is 9.84 Å². The number of urea groups is 1. The lowest BCUT2D eigenvalue weighted by atomic mass is 10.0. The molecule has 0 saturated carbocycles. The summed E-state index contributed by atoms with van der Waals surface area (Å²) in [7, 11) is -4.79. The molecule has 0 saturated heterocycles. The van der Waals surface area contributed by atoms with E-state index in [4.69, 9.17) is 16.7 Å². The molecule has 2 amide bonds. The third kappa shape index (κ3) is 5.49. The lowest BCUT2D eigenvalue weighted by Gasteiger charge is -2.27. The van der Waals surface area contributed by atoms with E-state index in [1.165, 1.54) is 29.3 Å². The second kappa shape index (κ2) is 9.72. The number of aliphatic hydroxyl groups excluding tert-OH is 2. The maximum absolute atomic E-state index is 13.3. The summed E-state index contributed by atoms with van der Waals surface area (Å²) < 4.78 is 50.1. The monoisotopic (exact) mass is 501 g/mol. The Balaban J connectivity index is 1.65. The number of rotatable bonds is 6. The van der Waals surface area contributed by atoms with Crippen molar-refractivity contribution < 1.29 is 32.2 Å². The number of hydrogen-bond acceptors (Lipinski definition) is 6. The highest BCUT2D eigenvalue weighted by atomic mass is 35.5.